The van der Waals surface area contributed by atoms with Crippen molar-refractivity contribution in [3.63, 3.8) is 0 Å². The Balaban J connectivity index is 2.18. The Kier molecular flexibility index (Phi) is 3.77. The number of carbonyl (C=O) groups is 2. The van der Waals surface area contributed by atoms with Crippen LogP contribution < -0.4 is 5.32 Å². The summed E-state index contributed by atoms with van der Waals surface area (Å²) in [5.41, 5.74) is 0.299. The summed E-state index contributed by atoms with van der Waals surface area (Å²) in [7, 11) is 0. The van der Waals surface area contributed by atoms with Crippen molar-refractivity contribution in [2.45, 2.75) is 0 Å². The second-order valence-corrected chi connectivity index (χ2v) is 4.14. The maximum atomic E-state index is 11.9. The van der Waals surface area contributed by atoms with Gasteiger partial charge in [0.15, 0.2) is 0 Å². The minimum Gasteiger partial charge on any atom is -0.478 e. The quantitative estimate of drug-likeness (QED) is 0.903. The summed E-state index contributed by atoms with van der Waals surface area (Å²) < 4.78 is 0. The highest BCUT2D eigenvalue weighted by Gasteiger charge is 2.10. The molecule has 2 aromatic rings. The lowest BCUT2D eigenvalue weighted by molar-refractivity contribution is 0.0697. The number of rotatable bonds is 3. The molecule has 1 aromatic heterocycles. The molecule has 5 nitrogen and oxygen atoms in total. The fraction of sp³-hybridized carbons (Fsp3) is 0. The van der Waals surface area contributed by atoms with Crippen LogP contribution >= 0.6 is 11.6 Å². The Morgan fingerprint density at radius 1 is 1.16 bits per heavy atom. The Morgan fingerprint density at radius 3 is 2.53 bits per heavy atom. The molecule has 96 valence electrons. The van der Waals surface area contributed by atoms with Gasteiger partial charge in [0, 0.05) is 11.8 Å². The van der Waals surface area contributed by atoms with E-state index in [2.05, 4.69) is 10.3 Å². The molecule has 6 heteroatoms. The first-order valence-electron chi connectivity index (χ1n) is 5.32. The predicted molar refractivity (Wildman–Crippen MR) is 70.6 cm³/mol. The van der Waals surface area contributed by atoms with Crippen LogP contribution in [0.1, 0.15) is 20.7 Å². The molecule has 0 spiro atoms. The van der Waals surface area contributed by atoms with E-state index in [0.717, 1.165) is 0 Å². The topological polar surface area (TPSA) is 79.3 Å². The third kappa shape index (κ3) is 3.29. The van der Waals surface area contributed by atoms with E-state index in [1.54, 1.807) is 12.1 Å². The van der Waals surface area contributed by atoms with Crippen molar-refractivity contribution in [2.75, 3.05) is 5.32 Å². The lowest BCUT2D eigenvalue weighted by Gasteiger charge is -2.05. The zero-order valence-corrected chi connectivity index (χ0v) is 10.4. The van der Waals surface area contributed by atoms with E-state index in [1.807, 2.05) is 0 Å². The molecule has 0 radical (unpaired) electrons. The van der Waals surface area contributed by atoms with Gasteiger partial charge in [-0.05, 0) is 30.3 Å². The van der Waals surface area contributed by atoms with Crippen LogP contribution in [0.5, 0.6) is 0 Å². The molecular formula is C13H9ClN2O3. The van der Waals surface area contributed by atoms with E-state index < -0.39 is 11.9 Å². The van der Waals surface area contributed by atoms with Crippen LogP contribution in [0.2, 0.25) is 5.02 Å². The Hall–Kier alpha value is -2.40. The van der Waals surface area contributed by atoms with E-state index in [4.69, 9.17) is 16.7 Å². The number of nitrogens with one attached hydrogen (secondary N) is 1. The number of halogens is 1. The fourth-order valence-electron chi connectivity index (χ4n) is 1.43. The Bertz CT molecular complexity index is 626. The summed E-state index contributed by atoms with van der Waals surface area (Å²) >= 11 is 5.68. The van der Waals surface area contributed by atoms with Gasteiger partial charge in [0.25, 0.3) is 5.91 Å². The standard InChI is InChI=1S/C13H9ClN2O3/c14-10-4-5-11(15-7-10)16-12(17)8-2-1-3-9(6-8)13(18)19/h1-7H,(H,18,19)(H,15,16,17). The van der Waals surface area contributed by atoms with Crippen molar-refractivity contribution in [1.29, 1.82) is 0 Å². The van der Waals surface area contributed by atoms with Crippen molar-refractivity contribution < 1.29 is 14.7 Å². The average molecular weight is 277 g/mol. The number of aromatic nitrogens is 1. The summed E-state index contributed by atoms with van der Waals surface area (Å²) in [4.78, 5) is 26.6. The molecule has 1 heterocycles. The molecular weight excluding hydrogens is 268 g/mol. The zero-order chi connectivity index (χ0) is 13.8. The van der Waals surface area contributed by atoms with Gasteiger partial charge in [-0.25, -0.2) is 9.78 Å². The number of carboxylic acids is 1. The van der Waals surface area contributed by atoms with Gasteiger partial charge in [0.2, 0.25) is 0 Å². The second kappa shape index (κ2) is 5.49. The third-order valence-corrected chi connectivity index (χ3v) is 2.56. The number of nitrogens with zero attached hydrogens (tertiary/aromatic N) is 1. The van der Waals surface area contributed by atoms with E-state index in [1.165, 1.54) is 30.5 Å². The molecule has 19 heavy (non-hydrogen) atoms. The molecule has 0 saturated carbocycles. The van der Waals surface area contributed by atoms with Gasteiger partial charge in [0.1, 0.15) is 5.82 Å². The van der Waals surface area contributed by atoms with Crippen LogP contribution in [-0.4, -0.2) is 22.0 Å². The highest BCUT2D eigenvalue weighted by molar-refractivity contribution is 6.30. The molecule has 0 aliphatic rings. The van der Waals surface area contributed by atoms with Crippen molar-refractivity contribution >= 4 is 29.3 Å². The summed E-state index contributed by atoms with van der Waals surface area (Å²) in [5, 5.41) is 11.9. The van der Waals surface area contributed by atoms with E-state index in [0.29, 0.717) is 10.8 Å². The van der Waals surface area contributed by atoms with Gasteiger partial charge >= 0.3 is 5.97 Å². The van der Waals surface area contributed by atoms with Crippen LogP contribution in [0.15, 0.2) is 42.6 Å². The fourth-order valence-corrected chi connectivity index (χ4v) is 1.54. The van der Waals surface area contributed by atoms with Gasteiger partial charge in [-0.15, -0.1) is 0 Å². The van der Waals surface area contributed by atoms with Crippen LogP contribution in [-0.2, 0) is 0 Å². The summed E-state index contributed by atoms with van der Waals surface area (Å²) in [6, 6.07) is 8.90. The highest BCUT2D eigenvalue weighted by Crippen LogP contribution is 2.12. The van der Waals surface area contributed by atoms with Gasteiger partial charge in [-0.3, -0.25) is 4.79 Å². The highest BCUT2D eigenvalue weighted by atomic mass is 35.5. The molecule has 0 bridgehead atoms. The Morgan fingerprint density at radius 2 is 1.89 bits per heavy atom. The normalized spacial score (nSPS) is 9.95. The minimum absolute atomic E-state index is 0.0525. The largest absolute Gasteiger partial charge is 0.478 e. The van der Waals surface area contributed by atoms with Crippen LogP contribution in [0, 0.1) is 0 Å². The molecule has 0 saturated heterocycles. The van der Waals surface area contributed by atoms with Gasteiger partial charge in [-0.2, -0.15) is 0 Å². The first kappa shape index (κ1) is 13.0. The van der Waals surface area contributed by atoms with Crippen LogP contribution in [0.25, 0.3) is 0 Å². The number of aromatic carboxylic acids is 1. The SMILES string of the molecule is O=C(O)c1cccc(C(=O)Nc2ccc(Cl)cn2)c1. The predicted octanol–water partition coefficient (Wildman–Crippen LogP) is 2.69. The average Bonchev–Trinajstić information content (AvgIpc) is 2.41. The molecule has 2 rings (SSSR count). The first-order valence-corrected chi connectivity index (χ1v) is 5.70. The lowest BCUT2D eigenvalue weighted by Crippen LogP contribution is -2.13. The third-order valence-electron chi connectivity index (χ3n) is 2.34. The van der Waals surface area contributed by atoms with Crippen molar-refractivity contribution in [1.82, 2.24) is 4.98 Å². The smallest absolute Gasteiger partial charge is 0.335 e. The number of hydrogen-bond donors (Lipinski definition) is 2. The monoisotopic (exact) mass is 276 g/mol. The van der Waals surface area contributed by atoms with Crippen molar-refractivity contribution in [3.8, 4) is 0 Å². The summed E-state index contributed by atoms with van der Waals surface area (Å²) in [6.45, 7) is 0. The summed E-state index contributed by atoms with van der Waals surface area (Å²) in [5.74, 6) is -1.17. The minimum atomic E-state index is -1.08. The van der Waals surface area contributed by atoms with E-state index in [-0.39, 0.29) is 11.1 Å². The van der Waals surface area contributed by atoms with Crippen LogP contribution in [0.4, 0.5) is 5.82 Å². The van der Waals surface area contributed by atoms with Gasteiger partial charge < -0.3 is 10.4 Å². The van der Waals surface area contributed by atoms with Crippen molar-refractivity contribution in [2.24, 2.45) is 0 Å². The molecule has 0 aliphatic heterocycles. The number of carboxylic acid groups (broad SMARTS) is 1. The molecule has 0 unspecified atom stereocenters. The molecule has 0 aliphatic carbocycles. The maximum absolute atomic E-state index is 11.9. The lowest BCUT2D eigenvalue weighted by atomic mass is 10.1. The molecule has 2 N–H and O–H groups in total. The number of anilines is 1. The summed E-state index contributed by atoms with van der Waals surface area (Å²) in [6.07, 6.45) is 1.41. The first-order chi connectivity index (χ1) is 9.06. The number of amides is 1. The van der Waals surface area contributed by atoms with Gasteiger partial charge in [0.05, 0.1) is 10.6 Å². The molecule has 0 atom stereocenters. The number of benzene rings is 1. The van der Waals surface area contributed by atoms with Crippen molar-refractivity contribution in [3.05, 3.63) is 58.7 Å². The zero-order valence-electron chi connectivity index (χ0n) is 9.63. The molecule has 0 fully saturated rings. The molecule has 1 aromatic carbocycles. The van der Waals surface area contributed by atoms with E-state index in [9.17, 15) is 9.59 Å². The molecule has 1 amide bonds. The van der Waals surface area contributed by atoms with Crippen LogP contribution in [0.3, 0.4) is 0 Å². The van der Waals surface area contributed by atoms with E-state index >= 15 is 0 Å². The number of carbonyl (C=O) groups excluding carboxylic acids is 1. The second-order valence-electron chi connectivity index (χ2n) is 3.70. The maximum Gasteiger partial charge on any atom is 0.335 e. The Labute approximate surface area is 113 Å². The number of hydrogen-bond acceptors (Lipinski definition) is 3. The van der Waals surface area contributed by atoms with Gasteiger partial charge in [-0.1, -0.05) is 17.7 Å². The number of pyridine rings is 1.